The van der Waals surface area contributed by atoms with Gasteiger partial charge in [0.05, 0.1) is 0 Å². The summed E-state index contributed by atoms with van der Waals surface area (Å²) in [7, 11) is 0. The molecular weight excluding hydrogens is 298 g/mol. The third-order valence-electron chi connectivity index (χ3n) is 3.15. The van der Waals surface area contributed by atoms with Crippen LogP contribution in [0.1, 0.15) is 19.8 Å². The molecule has 2 atom stereocenters. The lowest BCUT2D eigenvalue weighted by atomic mass is 10.2. The fourth-order valence-electron chi connectivity index (χ4n) is 1.94. The third kappa shape index (κ3) is 3.57. The molecule has 1 fully saturated rings. The molecule has 1 aromatic rings. The van der Waals surface area contributed by atoms with Gasteiger partial charge in [0.25, 0.3) is 5.91 Å². The van der Waals surface area contributed by atoms with Crippen molar-refractivity contribution < 1.29 is 27.9 Å². The summed E-state index contributed by atoms with van der Waals surface area (Å²) >= 11 is 0. The molecule has 1 aliphatic heterocycles. The molecule has 0 saturated carbocycles. The number of hydrogen-bond donors (Lipinski definition) is 2. The van der Waals surface area contributed by atoms with Gasteiger partial charge in [-0.3, -0.25) is 9.59 Å². The molecule has 0 radical (unpaired) electrons. The van der Waals surface area contributed by atoms with Crippen molar-refractivity contribution in [3.05, 3.63) is 29.8 Å². The minimum atomic E-state index is -1.26. The van der Waals surface area contributed by atoms with Crippen molar-refractivity contribution in [2.45, 2.75) is 31.9 Å². The highest BCUT2D eigenvalue weighted by Gasteiger charge is 2.31. The Kier molecular flexibility index (Phi) is 4.69. The van der Waals surface area contributed by atoms with Gasteiger partial charge < -0.3 is 15.4 Å². The van der Waals surface area contributed by atoms with Crippen molar-refractivity contribution in [2.75, 3.05) is 5.32 Å². The highest BCUT2D eigenvalue weighted by Crippen LogP contribution is 2.18. The van der Waals surface area contributed by atoms with Gasteiger partial charge in [0.15, 0.2) is 6.10 Å². The molecule has 1 saturated heterocycles. The van der Waals surface area contributed by atoms with Crippen molar-refractivity contribution in [1.29, 1.82) is 0 Å². The van der Waals surface area contributed by atoms with E-state index in [0.29, 0.717) is 0 Å². The Morgan fingerprint density at radius 1 is 1.36 bits per heavy atom. The number of nitrogens with one attached hydrogen (secondary N) is 2. The summed E-state index contributed by atoms with van der Waals surface area (Å²) in [5.41, 5.74) is -0.607. The monoisotopic (exact) mass is 312 g/mol. The van der Waals surface area contributed by atoms with Crippen LogP contribution in [0.25, 0.3) is 0 Å². The summed E-state index contributed by atoms with van der Waals surface area (Å²) in [5.74, 6) is -3.78. The minimum absolute atomic E-state index is 0.209. The van der Waals surface area contributed by atoms with Crippen LogP contribution in [0.5, 0.6) is 0 Å². The molecule has 0 spiro atoms. The Morgan fingerprint density at radius 2 is 2.00 bits per heavy atom. The number of carbonyl (C=O) groups excluding carboxylic acids is 3. The number of para-hydroxylation sites is 1. The zero-order valence-electron chi connectivity index (χ0n) is 11.7. The van der Waals surface area contributed by atoms with E-state index in [1.807, 2.05) is 5.32 Å². The molecule has 0 unspecified atom stereocenters. The first-order valence-corrected chi connectivity index (χ1v) is 6.63. The number of rotatable bonds is 4. The third-order valence-corrected chi connectivity index (χ3v) is 3.15. The Hall–Kier alpha value is -2.51. The normalized spacial score (nSPS) is 18.5. The Balaban J connectivity index is 1.95. The fourth-order valence-corrected chi connectivity index (χ4v) is 1.94. The molecule has 22 heavy (non-hydrogen) atoms. The van der Waals surface area contributed by atoms with Crippen LogP contribution >= 0.6 is 0 Å². The topological polar surface area (TPSA) is 84.5 Å². The van der Waals surface area contributed by atoms with Gasteiger partial charge in [-0.05, 0) is 25.5 Å². The number of halogens is 2. The summed E-state index contributed by atoms with van der Waals surface area (Å²) in [6.45, 7) is 1.27. The number of carbonyl (C=O) groups is 3. The van der Waals surface area contributed by atoms with Gasteiger partial charge in [-0.1, -0.05) is 6.07 Å². The van der Waals surface area contributed by atoms with E-state index in [-0.39, 0.29) is 18.7 Å². The van der Waals surface area contributed by atoms with E-state index in [4.69, 9.17) is 4.74 Å². The Bertz CT molecular complexity index is 601. The van der Waals surface area contributed by atoms with E-state index in [1.165, 1.54) is 6.92 Å². The molecular formula is C14H14F2N2O4. The van der Waals surface area contributed by atoms with Gasteiger partial charge in [0.2, 0.25) is 5.91 Å². The van der Waals surface area contributed by atoms with Crippen LogP contribution in [0.15, 0.2) is 18.2 Å². The molecule has 8 heteroatoms. The lowest BCUT2D eigenvalue weighted by molar-refractivity contribution is -0.155. The van der Waals surface area contributed by atoms with E-state index < -0.39 is 41.3 Å². The molecule has 2 rings (SSSR count). The molecule has 1 aliphatic rings. The van der Waals surface area contributed by atoms with Crippen molar-refractivity contribution in [3.63, 3.8) is 0 Å². The number of ether oxygens (including phenoxy) is 1. The first-order valence-electron chi connectivity index (χ1n) is 6.63. The van der Waals surface area contributed by atoms with Crippen LogP contribution in [-0.2, 0) is 19.1 Å². The molecule has 2 N–H and O–H groups in total. The SMILES string of the molecule is C[C@@H](OC(=O)[C@H]1CCC(=O)N1)C(=O)Nc1c(F)cccc1F. The van der Waals surface area contributed by atoms with Crippen molar-refractivity contribution in [2.24, 2.45) is 0 Å². The lowest BCUT2D eigenvalue weighted by Crippen LogP contribution is -2.39. The zero-order valence-corrected chi connectivity index (χ0v) is 11.7. The van der Waals surface area contributed by atoms with Crippen LogP contribution in [0, 0.1) is 11.6 Å². The average Bonchev–Trinajstić information content (AvgIpc) is 2.89. The number of hydrogen-bond acceptors (Lipinski definition) is 4. The van der Waals surface area contributed by atoms with E-state index in [1.54, 1.807) is 0 Å². The van der Waals surface area contributed by atoms with Crippen LogP contribution < -0.4 is 10.6 Å². The van der Waals surface area contributed by atoms with Crippen molar-refractivity contribution in [3.8, 4) is 0 Å². The van der Waals surface area contributed by atoms with Crippen LogP contribution in [0.4, 0.5) is 14.5 Å². The zero-order chi connectivity index (χ0) is 16.3. The summed E-state index contributed by atoms with van der Waals surface area (Å²) in [6, 6.07) is 2.34. The van der Waals surface area contributed by atoms with Crippen LogP contribution in [0.2, 0.25) is 0 Å². The van der Waals surface area contributed by atoms with Crippen LogP contribution in [-0.4, -0.2) is 29.9 Å². The number of amides is 2. The smallest absolute Gasteiger partial charge is 0.329 e. The van der Waals surface area contributed by atoms with E-state index in [0.717, 1.165) is 18.2 Å². The molecule has 0 aromatic heterocycles. The maximum absolute atomic E-state index is 13.4. The second kappa shape index (κ2) is 6.50. The Morgan fingerprint density at radius 3 is 2.55 bits per heavy atom. The maximum atomic E-state index is 13.4. The summed E-state index contributed by atoms with van der Waals surface area (Å²) in [6.07, 6.45) is -0.765. The van der Waals surface area contributed by atoms with Gasteiger partial charge in [0, 0.05) is 6.42 Å². The van der Waals surface area contributed by atoms with Gasteiger partial charge in [-0.25, -0.2) is 13.6 Å². The molecule has 0 bridgehead atoms. The Labute approximate surface area is 124 Å². The molecule has 1 heterocycles. The average molecular weight is 312 g/mol. The predicted octanol–water partition coefficient (Wildman–Crippen LogP) is 1.11. The number of esters is 1. The molecule has 1 aromatic carbocycles. The van der Waals surface area contributed by atoms with Gasteiger partial charge >= 0.3 is 5.97 Å². The first-order chi connectivity index (χ1) is 10.4. The highest BCUT2D eigenvalue weighted by atomic mass is 19.1. The minimum Gasteiger partial charge on any atom is -0.451 e. The van der Waals surface area contributed by atoms with E-state index in [2.05, 4.69) is 5.32 Å². The number of benzene rings is 1. The highest BCUT2D eigenvalue weighted by molar-refractivity contribution is 5.96. The van der Waals surface area contributed by atoms with E-state index in [9.17, 15) is 23.2 Å². The molecule has 0 aliphatic carbocycles. The quantitative estimate of drug-likeness (QED) is 0.816. The first kappa shape index (κ1) is 15.9. The second-order valence-corrected chi connectivity index (χ2v) is 4.82. The standard InChI is InChI=1S/C14H14F2N2O4/c1-7(22-14(21)10-5-6-11(19)17-10)13(20)18-12-8(15)3-2-4-9(12)16/h2-4,7,10H,5-6H2,1H3,(H,17,19)(H,18,20)/t7-,10-/m1/s1. The molecule has 6 nitrogen and oxygen atoms in total. The van der Waals surface area contributed by atoms with Gasteiger partial charge in [0.1, 0.15) is 23.4 Å². The molecule has 2 amide bonds. The van der Waals surface area contributed by atoms with E-state index >= 15 is 0 Å². The van der Waals surface area contributed by atoms with Crippen molar-refractivity contribution >= 4 is 23.5 Å². The summed E-state index contributed by atoms with van der Waals surface area (Å²) in [4.78, 5) is 34.6. The fraction of sp³-hybridized carbons (Fsp3) is 0.357. The second-order valence-electron chi connectivity index (χ2n) is 4.82. The molecule has 118 valence electrons. The maximum Gasteiger partial charge on any atom is 0.329 e. The lowest BCUT2D eigenvalue weighted by Gasteiger charge is -2.16. The summed E-state index contributed by atoms with van der Waals surface area (Å²) in [5, 5.41) is 4.43. The largest absolute Gasteiger partial charge is 0.451 e. The van der Waals surface area contributed by atoms with Crippen molar-refractivity contribution in [1.82, 2.24) is 5.32 Å². The van der Waals surface area contributed by atoms with Gasteiger partial charge in [-0.2, -0.15) is 0 Å². The summed E-state index contributed by atoms with van der Waals surface area (Å²) < 4.78 is 31.7. The number of anilines is 1. The predicted molar refractivity (Wildman–Crippen MR) is 71.7 cm³/mol. The van der Waals surface area contributed by atoms with Gasteiger partial charge in [-0.15, -0.1) is 0 Å². The van der Waals surface area contributed by atoms with Crippen LogP contribution in [0.3, 0.4) is 0 Å².